The van der Waals surface area contributed by atoms with E-state index in [2.05, 4.69) is 152 Å². The molecule has 1 aliphatic heterocycles. The number of nitrogens with zero attached hydrogens (tertiary/aromatic N) is 3. The van der Waals surface area contributed by atoms with Crippen molar-refractivity contribution in [1.29, 1.82) is 0 Å². The van der Waals surface area contributed by atoms with Crippen molar-refractivity contribution in [2.75, 3.05) is 0 Å². The third-order valence-electron chi connectivity index (χ3n) is 11.4. The van der Waals surface area contributed by atoms with Gasteiger partial charge >= 0.3 is 21.1 Å². The van der Waals surface area contributed by atoms with Gasteiger partial charge in [0.25, 0.3) is 0 Å². The Morgan fingerprint density at radius 2 is 1.60 bits per heavy atom. The Labute approximate surface area is 330 Å². The van der Waals surface area contributed by atoms with Crippen LogP contribution in [-0.4, -0.2) is 27.1 Å². The monoisotopic (exact) mass is 880 g/mol. The van der Waals surface area contributed by atoms with Gasteiger partial charge in [0.15, 0.2) is 0 Å². The maximum atomic E-state index is 6.86. The molecule has 0 unspecified atom stereocenters. The van der Waals surface area contributed by atoms with Crippen LogP contribution in [0.4, 0.5) is 0 Å². The summed E-state index contributed by atoms with van der Waals surface area (Å²) in [5.74, 6) is 1.43. The van der Waals surface area contributed by atoms with Crippen molar-refractivity contribution in [3.63, 3.8) is 0 Å². The molecule has 53 heavy (non-hydrogen) atoms. The third kappa shape index (κ3) is 6.71. The number of aromatic nitrogens is 2. The Morgan fingerprint density at radius 1 is 0.849 bits per heavy atom. The minimum absolute atomic E-state index is 0. The number of pyridine rings is 1. The van der Waals surface area contributed by atoms with Crippen molar-refractivity contribution in [3.8, 4) is 28.1 Å². The molecule has 2 aliphatic rings. The van der Waals surface area contributed by atoms with Crippen LogP contribution in [0, 0.1) is 19.1 Å². The van der Waals surface area contributed by atoms with Gasteiger partial charge in [-0.15, -0.1) is 42.0 Å². The Hall–Kier alpha value is -4.01. The van der Waals surface area contributed by atoms with E-state index in [9.17, 15) is 0 Å². The summed E-state index contributed by atoms with van der Waals surface area (Å²) < 4.78 is 9.21. The van der Waals surface area contributed by atoms with Gasteiger partial charge in [-0.25, -0.2) is 0 Å². The molecule has 0 bridgehead atoms. The average Bonchev–Trinajstić information content (AvgIpc) is 3.65. The molecule has 0 radical (unpaired) electrons. The fraction of sp³-hybridized carbons (Fsp3) is 0.375. The van der Waals surface area contributed by atoms with Crippen molar-refractivity contribution < 1.29 is 25.8 Å². The van der Waals surface area contributed by atoms with Crippen LogP contribution >= 0.6 is 0 Å². The molecule has 1 saturated carbocycles. The van der Waals surface area contributed by atoms with E-state index in [1.165, 1.54) is 51.6 Å². The van der Waals surface area contributed by atoms with E-state index in [-0.39, 0.29) is 38.1 Å². The minimum atomic E-state index is -0.266. The molecule has 0 N–H and O–H groups in total. The van der Waals surface area contributed by atoms with E-state index < -0.39 is 0 Å². The Balaban J connectivity index is 0.00000435. The van der Waals surface area contributed by atoms with Crippen LogP contribution in [-0.2, 0) is 31.2 Å². The SMILES string of the molecule is Cc1ccc2c(c1)c1ccc(-c3cc(C(C)(C)C)ccn3)[c-]c1n2-c1[c-]c(C2=N[C@@H]3CCCC[C@]3(C)O2)cc(-c2c(C(C)C)cccc2C(C)C)c1.[Pt+2]. The molecule has 8 rings (SSSR count). The van der Waals surface area contributed by atoms with Gasteiger partial charge in [-0.2, -0.15) is 0 Å². The molecule has 4 nitrogen and oxygen atoms in total. The quantitative estimate of drug-likeness (QED) is 0.156. The number of benzene rings is 4. The molecule has 0 saturated heterocycles. The topological polar surface area (TPSA) is 39.4 Å². The summed E-state index contributed by atoms with van der Waals surface area (Å²) in [6.45, 7) is 20.3. The normalized spacial score (nSPS) is 18.7. The van der Waals surface area contributed by atoms with Crippen LogP contribution in [0.2, 0.25) is 0 Å². The van der Waals surface area contributed by atoms with E-state index in [1.807, 2.05) is 6.20 Å². The van der Waals surface area contributed by atoms with Crippen molar-refractivity contribution in [2.24, 2.45) is 4.99 Å². The average molecular weight is 881 g/mol. The first-order chi connectivity index (χ1) is 24.8. The molecular weight excluding hydrogens is 830 g/mol. The number of fused-ring (bicyclic) bond motifs is 4. The molecule has 6 aromatic rings. The van der Waals surface area contributed by atoms with Gasteiger partial charge < -0.3 is 14.3 Å². The third-order valence-corrected chi connectivity index (χ3v) is 11.4. The summed E-state index contributed by atoms with van der Waals surface area (Å²) in [6, 6.07) is 34.9. The van der Waals surface area contributed by atoms with Crippen molar-refractivity contribution in [1.82, 2.24) is 9.55 Å². The first kappa shape index (κ1) is 37.3. The second-order valence-corrected chi connectivity index (χ2v) is 17.1. The molecule has 0 amide bonds. The fourth-order valence-corrected chi connectivity index (χ4v) is 8.44. The zero-order chi connectivity index (χ0) is 36.5. The Bertz CT molecular complexity index is 2350. The second kappa shape index (κ2) is 14.0. The van der Waals surface area contributed by atoms with E-state index in [1.54, 1.807) is 0 Å². The van der Waals surface area contributed by atoms with Gasteiger partial charge in [-0.3, -0.25) is 4.99 Å². The second-order valence-electron chi connectivity index (χ2n) is 17.1. The molecule has 2 aromatic heterocycles. The van der Waals surface area contributed by atoms with Gasteiger partial charge in [-0.05, 0) is 107 Å². The Morgan fingerprint density at radius 3 is 2.30 bits per heavy atom. The van der Waals surface area contributed by atoms with Gasteiger partial charge in [0.1, 0.15) is 11.5 Å². The van der Waals surface area contributed by atoms with Gasteiger partial charge in [0, 0.05) is 11.7 Å². The molecule has 4 aromatic carbocycles. The van der Waals surface area contributed by atoms with Gasteiger partial charge in [-0.1, -0.05) is 113 Å². The summed E-state index contributed by atoms with van der Waals surface area (Å²) in [7, 11) is 0. The summed E-state index contributed by atoms with van der Waals surface area (Å²) in [6.07, 6.45) is 6.39. The van der Waals surface area contributed by atoms with Crippen LogP contribution < -0.4 is 0 Å². The molecule has 0 spiro atoms. The molecule has 2 atom stereocenters. The summed E-state index contributed by atoms with van der Waals surface area (Å²) in [5, 5.41) is 2.36. The molecule has 1 aliphatic carbocycles. The van der Waals surface area contributed by atoms with Crippen LogP contribution in [0.3, 0.4) is 0 Å². The number of aliphatic imine (C=N–C) groups is 1. The van der Waals surface area contributed by atoms with E-state index in [0.29, 0.717) is 11.8 Å². The number of ether oxygens (including phenoxy) is 1. The number of rotatable bonds is 6. The number of hydrogen-bond donors (Lipinski definition) is 0. The van der Waals surface area contributed by atoms with Crippen molar-refractivity contribution in [3.05, 3.63) is 119 Å². The minimum Gasteiger partial charge on any atom is -0.512 e. The van der Waals surface area contributed by atoms with Crippen LogP contribution in [0.15, 0.2) is 84.0 Å². The van der Waals surface area contributed by atoms with Crippen molar-refractivity contribution >= 4 is 27.7 Å². The van der Waals surface area contributed by atoms with Crippen LogP contribution in [0.25, 0.3) is 49.9 Å². The first-order valence-corrected chi connectivity index (χ1v) is 19.2. The largest absolute Gasteiger partial charge is 2.00 e. The number of aryl methyl sites for hydroxylation is 1. The van der Waals surface area contributed by atoms with Gasteiger partial charge in [0.2, 0.25) is 0 Å². The summed E-state index contributed by atoms with van der Waals surface area (Å²) >= 11 is 0. The predicted octanol–water partition coefficient (Wildman–Crippen LogP) is 12.4. The first-order valence-electron chi connectivity index (χ1n) is 19.2. The molecular formula is C48H51N3OPt. The zero-order valence-corrected chi connectivity index (χ0v) is 34.9. The standard InChI is InChI=1S/C48H51N3O.Pt/c1-29(2)37-13-12-14-38(30(3)4)45(37)33-24-34(46-50-44-15-10-11-21-48(44,9)52-46)26-36(25-33)51-42-19-16-31(5)23-40(42)39-18-17-32(27-43(39)51)41-28-35(20-22-49-41)47(6,7)8;/h12-14,16-20,22-25,28-30,44H,10-11,15,21H2,1-9H3;/q-2;+2/t44-,48+;/m1./s1. The fourth-order valence-electron chi connectivity index (χ4n) is 8.44. The molecule has 1 fully saturated rings. The van der Waals surface area contributed by atoms with Crippen LogP contribution in [0.5, 0.6) is 0 Å². The maximum absolute atomic E-state index is 6.86. The maximum Gasteiger partial charge on any atom is 2.00 e. The van der Waals surface area contributed by atoms with Gasteiger partial charge in [0.05, 0.1) is 6.04 Å². The molecule has 274 valence electrons. The van der Waals surface area contributed by atoms with E-state index in [4.69, 9.17) is 14.7 Å². The van der Waals surface area contributed by atoms with Crippen LogP contribution in [0.1, 0.15) is 121 Å². The molecule has 5 heteroatoms. The molecule has 3 heterocycles. The zero-order valence-electron chi connectivity index (χ0n) is 32.6. The smallest absolute Gasteiger partial charge is 0.512 e. The van der Waals surface area contributed by atoms with E-state index in [0.717, 1.165) is 57.7 Å². The summed E-state index contributed by atoms with van der Waals surface area (Å²) in [5.41, 5.74) is 13.3. The summed E-state index contributed by atoms with van der Waals surface area (Å²) in [4.78, 5) is 10.1. The van der Waals surface area contributed by atoms with E-state index >= 15 is 0 Å². The number of hydrogen-bond acceptors (Lipinski definition) is 3. The predicted molar refractivity (Wildman–Crippen MR) is 217 cm³/mol. The Kier molecular flexibility index (Phi) is 9.86. The van der Waals surface area contributed by atoms with Crippen molar-refractivity contribution in [2.45, 2.75) is 117 Å².